The van der Waals surface area contributed by atoms with E-state index < -0.39 is 0 Å². The van der Waals surface area contributed by atoms with Gasteiger partial charge in [-0.3, -0.25) is 14.3 Å². The predicted octanol–water partition coefficient (Wildman–Crippen LogP) is 3.72. The van der Waals surface area contributed by atoms with E-state index in [4.69, 9.17) is 11.6 Å². The van der Waals surface area contributed by atoms with E-state index in [1.165, 1.54) is 0 Å². The van der Waals surface area contributed by atoms with Crippen LogP contribution >= 0.6 is 11.6 Å². The van der Waals surface area contributed by atoms with E-state index in [0.29, 0.717) is 42.3 Å². The number of benzene rings is 1. The summed E-state index contributed by atoms with van der Waals surface area (Å²) >= 11 is 6.26. The zero-order valence-corrected chi connectivity index (χ0v) is 18.0. The van der Waals surface area contributed by atoms with E-state index in [-0.39, 0.29) is 11.8 Å². The first-order valence-corrected chi connectivity index (χ1v) is 10.7. The van der Waals surface area contributed by atoms with Crippen LogP contribution in [0.25, 0.3) is 0 Å². The molecule has 2 amide bonds. The molecule has 29 heavy (non-hydrogen) atoms. The van der Waals surface area contributed by atoms with Crippen molar-refractivity contribution in [1.82, 2.24) is 20.0 Å². The summed E-state index contributed by atoms with van der Waals surface area (Å²) in [6.45, 7) is 6.35. The number of likely N-dealkylation sites (tertiary alicyclic amines) is 1. The minimum Gasteiger partial charge on any atom is -0.352 e. The summed E-state index contributed by atoms with van der Waals surface area (Å²) in [6.07, 6.45) is 4.58. The average molecular weight is 417 g/mol. The second kappa shape index (κ2) is 9.92. The molecule has 0 atom stereocenters. The van der Waals surface area contributed by atoms with Gasteiger partial charge in [0.15, 0.2) is 0 Å². The highest BCUT2D eigenvalue weighted by Gasteiger charge is 2.20. The van der Waals surface area contributed by atoms with Gasteiger partial charge in [0.05, 0.1) is 17.8 Å². The summed E-state index contributed by atoms with van der Waals surface area (Å²) in [5.41, 5.74) is 3.11. The summed E-state index contributed by atoms with van der Waals surface area (Å²) in [6, 6.07) is 7.65. The standard InChI is InChI=1S/C22H29ClN4O2/c1-16-21(17(2)27(25-16)15-18-9-5-6-10-19(18)23)22(29)24-12-8-14-26-13-7-3-4-11-20(26)28/h5-6,9-10H,3-4,7-8,11-15H2,1-2H3,(H,24,29). The van der Waals surface area contributed by atoms with Gasteiger partial charge in [-0.2, -0.15) is 5.10 Å². The van der Waals surface area contributed by atoms with Crippen molar-refractivity contribution in [2.45, 2.75) is 52.5 Å². The summed E-state index contributed by atoms with van der Waals surface area (Å²) in [7, 11) is 0. The number of carbonyl (C=O) groups is 2. The molecule has 2 heterocycles. The number of hydrogen-bond donors (Lipinski definition) is 1. The Morgan fingerprint density at radius 3 is 2.79 bits per heavy atom. The van der Waals surface area contributed by atoms with E-state index in [9.17, 15) is 9.59 Å². The molecule has 0 saturated carbocycles. The SMILES string of the molecule is Cc1nn(Cc2ccccc2Cl)c(C)c1C(=O)NCCCN1CCCCCC1=O. The zero-order chi connectivity index (χ0) is 20.8. The van der Waals surface area contributed by atoms with Gasteiger partial charge in [0.2, 0.25) is 5.91 Å². The molecule has 1 N–H and O–H groups in total. The molecule has 1 saturated heterocycles. The molecule has 0 radical (unpaired) electrons. The van der Waals surface area contributed by atoms with Crippen LogP contribution in [0.15, 0.2) is 24.3 Å². The smallest absolute Gasteiger partial charge is 0.255 e. The fourth-order valence-corrected chi connectivity index (χ4v) is 4.00. The van der Waals surface area contributed by atoms with E-state index in [1.807, 2.05) is 47.7 Å². The molecule has 0 bridgehead atoms. The Hall–Kier alpha value is -2.34. The molecule has 6 nitrogen and oxygen atoms in total. The Morgan fingerprint density at radius 2 is 2.00 bits per heavy atom. The number of carbonyl (C=O) groups excluding carboxylic acids is 2. The maximum Gasteiger partial charge on any atom is 0.255 e. The van der Waals surface area contributed by atoms with Gasteiger partial charge < -0.3 is 10.2 Å². The van der Waals surface area contributed by atoms with Crippen LogP contribution in [0.3, 0.4) is 0 Å². The van der Waals surface area contributed by atoms with E-state index in [0.717, 1.165) is 43.5 Å². The van der Waals surface area contributed by atoms with Gasteiger partial charge >= 0.3 is 0 Å². The summed E-state index contributed by atoms with van der Waals surface area (Å²) in [5, 5.41) is 8.21. The predicted molar refractivity (Wildman–Crippen MR) is 114 cm³/mol. The number of aromatic nitrogens is 2. The Bertz CT molecular complexity index is 878. The highest BCUT2D eigenvalue weighted by atomic mass is 35.5. The van der Waals surface area contributed by atoms with Crippen molar-refractivity contribution in [1.29, 1.82) is 0 Å². The molecule has 1 aromatic heterocycles. The summed E-state index contributed by atoms with van der Waals surface area (Å²) in [5.74, 6) is 0.119. The van der Waals surface area contributed by atoms with Crippen LogP contribution in [-0.4, -0.2) is 46.1 Å². The lowest BCUT2D eigenvalue weighted by Crippen LogP contribution is -2.34. The Morgan fingerprint density at radius 1 is 1.21 bits per heavy atom. The first-order valence-electron chi connectivity index (χ1n) is 10.3. The van der Waals surface area contributed by atoms with Crippen LogP contribution in [0.4, 0.5) is 0 Å². The number of nitrogens with zero attached hydrogens (tertiary/aromatic N) is 3. The van der Waals surface area contributed by atoms with Gasteiger partial charge in [-0.1, -0.05) is 36.2 Å². The molecule has 1 aliphatic rings. The van der Waals surface area contributed by atoms with Crippen molar-refractivity contribution in [3.8, 4) is 0 Å². The molecule has 1 fully saturated rings. The van der Waals surface area contributed by atoms with Gasteiger partial charge in [-0.15, -0.1) is 0 Å². The van der Waals surface area contributed by atoms with Gasteiger partial charge in [0, 0.05) is 36.8 Å². The molecule has 1 aromatic carbocycles. The van der Waals surface area contributed by atoms with Crippen LogP contribution < -0.4 is 5.32 Å². The quantitative estimate of drug-likeness (QED) is 0.699. The maximum atomic E-state index is 12.7. The first-order chi connectivity index (χ1) is 14.0. The fourth-order valence-electron chi connectivity index (χ4n) is 3.80. The number of amides is 2. The van der Waals surface area contributed by atoms with Crippen LogP contribution in [0.2, 0.25) is 5.02 Å². The van der Waals surface area contributed by atoms with Crippen LogP contribution in [0.5, 0.6) is 0 Å². The molecule has 0 unspecified atom stereocenters. The third kappa shape index (κ3) is 5.38. The lowest BCUT2D eigenvalue weighted by atomic mass is 10.1. The summed E-state index contributed by atoms with van der Waals surface area (Å²) in [4.78, 5) is 26.7. The van der Waals surface area contributed by atoms with Gasteiger partial charge in [-0.05, 0) is 44.7 Å². The molecule has 0 spiro atoms. The molecule has 2 aromatic rings. The Balaban J connectivity index is 1.56. The maximum absolute atomic E-state index is 12.7. The number of aryl methyl sites for hydroxylation is 1. The minimum atomic E-state index is -0.118. The first kappa shape index (κ1) is 21.4. The van der Waals surface area contributed by atoms with Crippen molar-refractivity contribution in [2.75, 3.05) is 19.6 Å². The lowest BCUT2D eigenvalue weighted by Gasteiger charge is -2.20. The molecule has 156 valence electrons. The fraction of sp³-hybridized carbons (Fsp3) is 0.500. The Labute approximate surface area is 177 Å². The monoisotopic (exact) mass is 416 g/mol. The molecular weight excluding hydrogens is 388 g/mol. The van der Waals surface area contributed by atoms with E-state index >= 15 is 0 Å². The highest BCUT2D eigenvalue weighted by molar-refractivity contribution is 6.31. The van der Waals surface area contributed by atoms with Crippen LogP contribution in [-0.2, 0) is 11.3 Å². The second-order valence-corrected chi connectivity index (χ2v) is 8.00. The van der Waals surface area contributed by atoms with E-state index in [2.05, 4.69) is 10.4 Å². The van der Waals surface area contributed by atoms with Crippen molar-refractivity contribution < 1.29 is 9.59 Å². The zero-order valence-electron chi connectivity index (χ0n) is 17.2. The van der Waals surface area contributed by atoms with Gasteiger partial charge in [0.25, 0.3) is 5.91 Å². The van der Waals surface area contributed by atoms with Gasteiger partial charge in [0.1, 0.15) is 0 Å². The Kier molecular flexibility index (Phi) is 7.31. The normalized spacial score (nSPS) is 14.7. The van der Waals surface area contributed by atoms with Gasteiger partial charge in [-0.25, -0.2) is 0 Å². The number of nitrogens with one attached hydrogen (secondary N) is 1. The topological polar surface area (TPSA) is 67.2 Å². The van der Waals surface area contributed by atoms with Crippen LogP contribution in [0.1, 0.15) is 59.4 Å². The van der Waals surface area contributed by atoms with Crippen molar-refractivity contribution >= 4 is 23.4 Å². The molecule has 0 aliphatic carbocycles. The molecule has 3 rings (SSSR count). The molecule has 7 heteroatoms. The van der Waals surface area contributed by atoms with Crippen molar-refractivity contribution in [3.63, 3.8) is 0 Å². The third-order valence-corrected chi connectivity index (χ3v) is 5.82. The number of hydrogen-bond acceptors (Lipinski definition) is 3. The van der Waals surface area contributed by atoms with Crippen molar-refractivity contribution in [2.24, 2.45) is 0 Å². The molecule has 1 aliphatic heterocycles. The minimum absolute atomic E-state index is 0.118. The van der Waals surface area contributed by atoms with E-state index in [1.54, 1.807) is 0 Å². The highest BCUT2D eigenvalue weighted by Crippen LogP contribution is 2.19. The second-order valence-electron chi connectivity index (χ2n) is 7.60. The van der Waals surface area contributed by atoms with Crippen molar-refractivity contribution in [3.05, 3.63) is 51.8 Å². The number of rotatable bonds is 7. The lowest BCUT2D eigenvalue weighted by molar-refractivity contribution is -0.130. The van der Waals surface area contributed by atoms with Crippen LogP contribution in [0, 0.1) is 13.8 Å². The molecular formula is C22H29ClN4O2. The number of halogens is 1. The largest absolute Gasteiger partial charge is 0.352 e. The third-order valence-electron chi connectivity index (χ3n) is 5.45. The average Bonchev–Trinajstić information content (AvgIpc) is 2.84. The summed E-state index contributed by atoms with van der Waals surface area (Å²) < 4.78 is 1.82.